The number of nitrogens with zero attached hydrogens (tertiary/aromatic N) is 2. The third-order valence-electron chi connectivity index (χ3n) is 3.09. The van der Waals surface area contributed by atoms with Crippen LogP contribution >= 0.6 is 11.6 Å². The van der Waals surface area contributed by atoms with E-state index in [9.17, 15) is 9.18 Å². The predicted octanol–water partition coefficient (Wildman–Crippen LogP) is 3.28. The monoisotopic (exact) mass is 346 g/mol. The highest BCUT2D eigenvalue weighted by molar-refractivity contribution is 6.32. The van der Waals surface area contributed by atoms with Crippen LogP contribution in [0.15, 0.2) is 48.8 Å². The van der Waals surface area contributed by atoms with E-state index in [1.165, 1.54) is 12.1 Å². The molecule has 0 saturated carbocycles. The van der Waals surface area contributed by atoms with Crippen molar-refractivity contribution in [2.45, 2.75) is 0 Å². The summed E-state index contributed by atoms with van der Waals surface area (Å²) in [6.45, 7) is -0.275. The molecule has 0 aliphatic carbocycles. The molecule has 8 heteroatoms. The molecule has 0 spiro atoms. The summed E-state index contributed by atoms with van der Waals surface area (Å²) in [6.07, 6.45) is 3.32. The standard InChI is InChI=1S/C16H12ClFN4O2/c17-12-7-11(18)1-2-14(12)24-9-16(23)20-15-8-13(21-22-15)10-3-5-19-6-4-10/h1-8H,9H2,(H2,20,21,22,23). The average molecular weight is 347 g/mol. The number of halogens is 2. The number of carbonyl (C=O) groups is 1. The highest BCUT2D eigenvalue weighted by atomic mass is 35.5. The van der Waals surface area contributed by atoms with Crippen molar-refractivity contribution in [3.8, 4) is 17.0 Å². The van der Waals surface area contributed by atoms with Gasteiger partial charge in [0.05, 0.1) is 10.7 Å². The van der Waals surface area contributed by atoms with Crippen LogP contribution in [0.3, 0.4) is 0 Å². The van der Waals surface area contributed by atoms with Gasteiger partial charge in [0, 0.05) is 24.0 Å². The SMILES string of the molecule is O=C(COc1ccc(F)cc1Cl)Nc1cc(-c2ccncc2)[nH]n1. The molecule has 1 aromatic carbocycles. The van der Waals surface area contributed by atoms with Crippen LogP contribution in [0.4, 0.5) is 10.2 Å². The molecule has 0 saturated heterocycles. The fraction of sp³-hybridized carbons (Fsp3) is 0.0625. The van der Waals surface area contributed by atoms with Gasteiger partial charge in [-0.2, -0.15) is 5.10 Å². The maximum Gasteiger partial charge on any atom is 0.263 e. The van der Waals surface area contributed by atoms with E-state index >= 15 is 0 Å². The second kappa shape index (κ2) is 7.10. The number of hydrogen-bond donors (Lipinski definition) is 2. The quantitative estimate of drug-likeness (QED) is 0.743. The van der Waals surface area contributed by atoms with E-state index in [1.54, 1.807) is 18.5 Å². The smallest absolute Gasteiger partial charge is 0.263 e. The lowest BCUT2D eigenvalue weighted by atomic mass is 10.2. The number of anilines is 1. The Hall–Kier alpha value is -2.93. The highest BCUT2D eigenvalue weighted by Crippen LogP contribution is 2.24. The zero-order chi connectivity index (χ0) is 16.9. The van der Waals surface area contributed by atoms with Gasteiger partial charge in [-0.05, 0) is 30.3 Å². The summed E-state index contributed by atoms with van der Waals surface area (Å²) in [5.74, 6) is -0.298. The summed E-state index contributed by atoms with van der Waals surface area (Å²) in [4.78, 5) is 15.8. The van der Waals surface area contributed by atoms with Crippen LogP contribution in [0.1, 0.15) is 0 Å². The number of aromatic amines is 1. The summed E-state index contributed by atoms with van der Waals surface area (Å²) < 4.78 is 18.2. The average Bonchev–Trinajstić information content (AvgIpc) is 3.03. The number of hydrogen-bond acceptors (Lipinski definition) is 4. The van der Waals surface area contributed by atoms with Crippen LogP contribution in [0.25, 0.3) is 11.3 Å². The van der Waals surface area contributed by atoms with Gasteiger partial charge in [-0.15, -0.1) is 0 Å². The second-order valence-electron chi connectivity index (χ2n) is 4.81. The Balaban J connectivity index is 1.58. The molecule has 0 fully saturated rings. The Kier molecular flexibility index (Phi) is 4.72. The number of amides is 1. The van der Waals surface area contributed by atoms with Crippen molar-refractivity contribution in [3.63, 3.8) is 0 Å². The number of ether oxygens (including phenoxy) is 1. The lowest BCUT2D eigenvalue weighted by Gasteiger charge is -2.07. The molecule has 0 radical (unpaired) electrons. The molecule has 2 heterocycles. The summed E-state index contributed by atoms with van der Waals surface area (Å²) >= 11 is 5.83. The van der Waals surface area contributed by atoms with E-state index in [2.05, 4.69) is 20.5 Å². The van der Waals surface area contributed by atoms with Crippen LogP contribution in [-0.2, 0) is 4.79 Å². The molecular formula is C16H12ClFN4O2. The van der Waals surface area contributed by atoms with Crippen molar-refractivity contribution in [2.75, 3.05) is 11.9 Å². The summed E-state index contributed by atoms with van der Waals surface area (Å²) in [5, 5.41) is 9.52. The fourth-order valence-corrected chi connectivity index (χ4v) is 2.20. The number of H-pyrrole nitrogens is 1. The Morgan fingerprint density at radius 2 is 2.04 bits per heavy atom. The number of rotatable bonds is 5. The van der Waals surface area contributed by atoms with Crippen LogP contribution in [-0.4, -0.2) is 27.7 Å². The number of aromatic nitrogens is 3. The molecule has 0 aliphatic heterocycles. The summed E-state index contributed by atoms with van der Waals surface area (Å²) in [7, 11) is 0. The van der Waals surface area contributed by atoms with Gasteiger partial charge in [-0.3, -0.25) is 14.9 Å². The van der Waals surface area contributed by atoms with Gasteiger partial charge >= 0.3 is 0 Å². The maximum absolute atomic E-state index is 12.9. The molecule has 3 aromatic rings. The molecule has 2 N–H and O–H groups in total. The van der Waals surface area contributed by atoms with E-state index in [0.29, 0.717) is 5.82 Å². The van der Waals surface area contributed by atoms with Gasteiger partial charge in [0.1, 0.15) is 11.6 Å². The fourth-order valence-electron chi connectivity index (χ4n) is 1.98. The predicted molar refractivity (Wildman–Crippen MR) is 87.4 cm³/mol. The molecule has 6 nitrogen and oxygen atoms in total. The van der Waals surface area contributed by atoms with E-state index in [-0.39, 0.29) is 17.4 Å². The Bertz CT molecular complexity index is 854. The zero-order valence-corrected chi connectivity index (χ0v) is 13.0. The van der Waals surface area contributed by atoms with E-state index < -0.39 is 11.7 Å². The number of carbonyl (C=O) groups excluding carboxylic acids is 1. The molecule has 0 aliphatic rings. The molecule has 122 valence electrons. The zero-order valence-electron chi connectivity index (χ0n) is 12.3. The minimum absolute atomic E-state index is 0.0996. The van der Waals surface area contributed by atoms with Gasteiger partial charge in [0.25, 0.3) is 5.91 Å². The van der Waals surface area contributed by atoms with Crippen LogP contribution in [0.5, 0.6) is 5.75 Å². The van der Waals surface area contributed by atoms with Crippen molar-refractivity contribution in [3.05, 3.63) is 59.6 Å². The lowest BCUT2D eigenvalue weighted by molar-refractivity contribution is -0.118. The number of nitrogens with one attached hydrogen (secondary N) is 2. The van der Waals surface area contributed by atoms with Crippen molar-refractivity contribution in [1.29, 1.82) is 0 Å². The van der Waals surface area contributed by atoms with Gasteiger partial charge in [0.15, 0.2) is 12.4 Å². The molecular weight excluding hydrogens is 335 g/mol. The molecule has 2 aromatic heterocycles. The molecule has 0 unspecified atom stereocenters. The normalized spacial score (nSPS) is 10.4. The number of benzene rings is 1. The maximum atomic E-state index is 12.9. The minimum atomic E-state index is -0.475. The second-order valence-corrected chi connectivity index (χ2v) is 5.22. The Labute approximate surface area is 141 Å². The summed E-state index contributed by atoms with van der Waals surface area (Å²) in [6, 6.07) is 9.01. The van der Waals surface area contributed by atoms with Crippen LogP contribution < -0.4 is 10.1 Å². The first-order chi connectivity index (χ1) is 11.6. The van der Waals surface area contributed by atoms with Gasteiger partial charge in [0.2, 0.25) is 0 Å². The first-order valence-corrected chi connectivity index (χ1v) is 7.33. The van der Waals surface area contributed by atoms with Crippen molar-refractivity contribution < 1.29 is 13.9 Å². The first-order valence-electron chi connectivity index (χ1n) is 6.95. The Morgan fingerprint density at radius 3 is 2.79 bits per heavy atom. The molecule has 1 amide bonds. The Morgan fingerprint density at radius 1 is 1.25 bits per heavy atom. The third kappa shape index (κ3) is 3.88. The van der Waals surface area contributed by atoms with Gasteiger partial charge < -0.3 is 10.1 Å². The topological polar surface area (TPSA) is 79.9 Å². The van der Waals surface area contributed by atoms with Crippen molar-refractivity contribution in [1.82, 2.24) is 15.2 Å². The van der Waals surface area contributed by atoms with E-state index in [1.807, 2.05) is 12.1 Å². The van der Waals surface area contributed by atoms with Gasteiger partial charge in [-0.25, -0.2) is 4.39 Å². The third-order valence-corrected chi connectivity index (χ3v) is 3.38. The minimum Gasteiger partial charge on any atom is -0.482 e. The molecule has 3 rings (SSSR count). The highest BCUT2D eigenvalue weighted by Gasteiger charge is 2.10. The van der Waals surface area contributed by atoms with E-state index in [0.717, 1.165) is 17.3 Å². The van der Waals surface area contributed by atoms with Crippen molar-refractivity contribution >= 4 is 23.3 Å². The van der Waals surface area contributed by atoms with Crippen LogP contribution in [0, 0.1) is 5.82 Å². The lowest BCUT2D eigenvalue weighted by Crippen LogP contribution is -2.20. The van der Waals surface area contributed by atoms with Crippen LogP contribution in [0.2, 0.25) is 5.02 Å². The van der Waals surface area contributed by atoms with E-state index in [4.69, 9.17) is 16.3 Å². The van der Waals surface area contributed by atoms with Crippen molar-refractivity contribution in [2.24, 2.45) is 0 Å². The number of pyridine rings is 1. The molecule has 0 atom stereocenters. The van der Waals surface area contributed by atoms with Gasteiger partial charge in [-0.1, -0.05) is 11.6 Å². The summed E-state index contributed by atoms with van der Waals surface area (Å²) in [5.41, 5.74) is 1.64. The first kappa shape index (κ1) is 15.9. The largest absolute Gasteiger partial charge is 0.482 e. The molecule has 24 heavy (non-hydrogen) atoms. The molecule has 0 bridgehead atoms.